The van der Waals surface area contributed by atoms with Crippen LogP contribution in [0.2, 0.25) is 0 Å². The van der Waals surface area contributed by atoms with Crippen molar-refractivity contribution < 1.29 is 4.57 Å². The van der Waals surface area contributed by atoms with Crippen LogP contribution in [0.5, 0.6) is 0 Å². The standard InChI is InChI=1S/C32H23N2S/c1-5-13-24(14-6-1)28-21-30(26-17-9-3-10-18-26)34(31(22-28)27-19-11-4-12-20-27)32-33-29(23-35-32)25-15-7-2-8-16-25/h1-23H/q+1. The molecule has 0 saturated heterocycles. The second kappa shape index (κ2) is 9.49. The molecule has 35 heavy (non-hydrogen) atoms. The van der Waals surface area contributed by atoms with E-state index >= 15 is 0 Å². The largest absolute Gasteiger partial charge is 0.388 e. The minimum atomic E-state index is 0.946. The van der Waals surface area contributed by atoms with Crippen LogP contribution < -0.4 is 4.57 Å². The third kappa shape index (κ3) is 4.30. The Bertz CT molecular complexity index is 1500. The summed E-state index contributed by atoms with van der Waals surface area (Å²) < 4.78 is 2.30. The predicted octanol–water partition coefficient (Wildman–Crippen LogP) is 8.09. The molecule has 0 N–H and O–H groups in total. The van der Waals surface area contributed by atoms with Crippen molar-refractivity contribution in [3.8, 4) is 50.0 Å². The van der Waals surface area contributed by atoms with Crippen molar-refractivity contribution in [2.24, 2.45) is 0 Å². The maximum absolute atomic E-state index is 5.11. The number of pyridine rings is 1. The quantitative estimate of drug-likeness (QED) is 0.234. The molecule has 2 heterocycles. The van der Waals surface area contributed by atoms with Crippen LogP contribution in [-0.2, 0) is 0 Å². The lowest BCUT2D eigenvalue weighted by Crippen LogP contribution is -2.36. The van der Waals surface area contributed by atoms with Crippen LogP contribution in [0.4, 0.5) is 0 Å². The summed E-state index contributed by atoms with van der Waals surface area (Å²) in [5.41, 5.74) is 9.01. The summed E-state index contributed by atoms with van der Waals surface area (Å²) in [4.78, 5) is 5.11. The first-order valence-electron chi connectivity index (χ1n) is 11.6. The van der Waals surface area contributed by atoms with E-state index < -0.39 is 0 Å². The molecule has 4 aromatic carbocycles. The fourth-order valence-electron chi connectivity index (χ4n) is 4.35. The smallest absolute Gasteiger partial charge is 0.179 e. The molecule has 0 fully saturated rings. The molecule has 0 aliphatic carbocycles. The van der Waals surface area contributed by atoms with Crippen molar-refractivity contribution in [3.63, 3.8) is 0 Å². The first kappa shape index (κ1) is 21.2. The second-order valence-corrected chi connectivity index (χ2v) is 9.17. The Kier molecular flexibility index (Phi) is 5.75. The normalized spacial score (nSPS) is 10.9. The van der Waals surface area contributed by atoms with E-state index in [1.165, 1.54) is 11.1 Å². The first-order chi connectivity index (χ1) is 17.4. The van der Waals surface area contributed by atoms with Crippen LogP contribution in [0.25, 0.3) is 50.0 Å². The highest BCUT2D eigenvalue weighted by Gasteiger charge is 2.25. The zero-order valence-corrected chi connectivity index (χ0v) is 19.9. The van der Waals surface area contributed by atoms with Gasteiger partial charge in [0.1, 0.15) is 11.4 Å². The zero-order chi connectivity index (χ0) is 23.5. The van der Waals surface area contributed by atoms with Crippen molar-refractivity contribution in [1.82, 2.24) is 4.98 Å². The summed E-state index contributed by atoms with van der Waals surface area (Å²) in [6.45, 7) is 0. The minimum Gasteiger partial charge on any atom is -0.179 e. The molecule has 0 amide bonds. The number of benzene rings is 4. The van der Waals surface area contributed by atoms with E-state index in [9.17, 15) is 0 Å². The summed E-state index contributed by atoms with van der Waals surface area (Å²) in [7, 11) is 0. The number of aromatic nitrogens is 2. The molecule has 2 aromatic heterocycles. The zero-order valence-electron chi connectivity index (χ0n) is 19.1. The molecule has 0 saturated carbocycles. The van der Waals surface area contributed by atoms with Crippen LogP contribution in [-0.4, -0.2) is 4.98 Å². The molecule has 0 aliphatic heterocycles. The van der Waals surface area contributed by atoms with Gasteiger partial charge >= 0.3 is 5.13 Å². The van der Waals surface area contributed by atoms with Crippen molar-refractivity contribution in [3.05, 3.63) is 139 Å². The lowest BCUT2D eigenvalue weighted by molar-refractivity contribution is -0.571. The van der Waals surface area contributed by atoms with Gasteiger partial charge in [-0.2, -0.15) is 4.57 Å². The van der Waals surface area contributed by atoms with E-state index in [-0.39, 0.29) is 0 Å². The fraction of sp³-hybridized carbons (Fsp3) is 0. The van der Waals surface area contributed by atoms with Crippen LogP contribution in [0.1, 0.15) is 0 Å². The molecule has 0 aliphatic rings. The minimum absolute atomic E-state index is 0.946. The van der Waals surface area contributed by atoms with Gasteiger partial charge in [-0.25, -0.2) is 0 Å². The maximum Gasteiger partial charge on any atom is 0.388 e. The van der Waals surface area contributed by atoms with Gasteiger partial charge in [-0.3, -0.25) is 0 Å². The Morgan fingerprint density at radius 3 is 1.37 bits per heavy atom. The highest BCUT2D eigenvalue weighted by molar-refractivity contribution is 7.12. The summed E-state index contributed by atoms with van der Waals surface area (Å²) in [6, 6.07) is 46.7. The van der Waals surface area contributed by atoms with Crippen LogP contribution in [0, 0.1) is 0 Å². The topological polar surface area (TPSA) is 16.8 Å². The van der Waals surface area contributed by atoms with Crippen LogP contribution in [0.3, 0.4) is 0 Å². The first-order valence-corrected chi connectivity index (χ1v) is 12.5. The molecule has 6 rings (SSSR count). The third-order valence-electron chi connectivity index (χ3n) is 6.07. The van der Waals surface area contributed by atoms with E-state index in [0.717, 1.165) is 38.9 Å². The van der Waals surface area contributed by atoms with Gasteiger partial charge in [-0.15, -0.1) is 0 Å². The van der Waals surface area contributed by atoms with Crippen LogP contribution >= 0.6 is 11.3 Å². The van der Waals surface area contributed by atoms with Gasteiger partial charge < -0.3 is 0 Å². The molecule has 6 aromatic rings. The van der Waals surface area contributed by atoms with Gasteiger partial charge in [0.05, 0.1) is 5.38 Å². The van der Waals surface area contributed by atoms with Crippen molar-refractivity contribution in [2.75, 3.05) is 0 Å². The Morgan fingerprint density at radius 1 is 0.457 bits per heavy atom. The lowest BCUT2D eigenvalue weighted by Gasteiger charge is -2.14. The van der Waals surface area contributed by atoms with Crippen molar-refractivity contribution in [1.29, 1.82) is 0 Å². The van der Waals surface area contributed by atoms with Gasteiger partial charge in [0.2, 0.25) is 0 Å². The molecule has 3 heteroatoms. The monoisotopic (exact) mass is 467 g/mol. The van der Waals surface area contributed by atoms with Crippen LogP contribution in [0.15, 0.2) is 139 Å². The average Bonchev–Trinajstić information content (AvgIpc) is 3.44. The summed E-state index contributed by atoms with van der Waals surface area (Å²) in [5.74, 6) is 0. The molecule has 0 radical (unpaired) electrons. The Hall–Kier alpha value is -4.34. The average molecular weight is 468 g/mol. The molecular weight excluding hydrogens is 444 g/mol. The predicted molar refractivity (Wildman–Crippen MR) is 145 cm³/mol. The third-order valence-corrected chi connectivity index (χ3v) is 6.89. The Balaban J connectivity index is 1.64. The summed E-state index contributed by atoms with van der Waals surface area (Å²) in [6.07, 6.45) is 0. The van der Waals surface area contributed by atoms with E-state index in [4.69, 9.17) is 4.98 Å². The fourth-order valence-corrected chi connectivity index (χ4v) is 5.21. The molecule has 0 atom stereocenters. The number of rotatable bonds is 5. The highest BCUT2D eigenvalue weighted by atomic mass is 32.1. The number of thiazole rings is 1. The molecule has 0 unspecified atom stereocenters. The SMILES string of the molecule is c1ccc(-c2cc(-c3ccccc3)[n+](-c3nc(-c4ccccc4)cs3)c(-c3ccccc3)c2)cc1. The maximum atomic E-state index is 5.11. The number of hydrogen-bond acceptors (Lipinski definition) is 2. The van der Waals surface area contributed by atoms with E-state index in [0.29, 0.717) is 0 Å². The van der Waals surface area contributed by atoms with Gasteiger partial charge in [-0.05, 0) is 39.6 Å². The molecule has 0 spiro atoms. The van der Waals surface area contributed by atoms with Gasteiger partial charge in [0.15, 0.2) is 5.69 Å². The van der Waals surface area contributed by atoms with E-state index in [1.54, 1.807) is 11.3 Å². The Morgan fingerprint density at radius 2 is 0.886 bits per heavy atom. The van der Waals surface area contributed by atoms with Gasteiger partial charge in [0, 0.05) is 16.7 Å². The molecular formula is C32H23N2S+. The molecule has 2 nitrogen and oxygen atoms in total. The van der Waals surface area contributed by atoms with Crippen molar-refractivity contribution in [2.45, 2.75) is 0 Å². The highest BCUT2D eigenvalue weighted by Crippen LogP contribution is 2.32. The number of hydrogen-bond donors (Lipinski definition) is 0. The number of nitrogens with zero attached hydrogens (tertiary/aromatic N) is 2. The van der Waals surface area contributed by atoms with E-state index in [1.807, 2.05) is 6.07 Å². The molecule has 166 valence electrons. The second-order valence-electron chi connectivity index (χ2n) is 8.33. The lowest BCUT2D eigenvalue weighted by atomic mass is 9.99. The Labute approximate surface area is 209 Å². The van der Waals surface area contributed by atoms with E-state index in [2.05, 4.69) is 137 Å². The summed E-state index contributed by atoms with van der Waals surface area (Å²) in [5, 5.41) is 3.09. The van der Waals surface area contributed by atoms with Crippen molar-refractivity contribution >= 4 is 11.3 Å². The van der Waals surface area contributed by atoms with Gasteiger partial charge in [-0.1, -0.05) is 121 Å². The summed E-state index contributed by atoms with van der Waals surface area (Å²) >= 11 is 1.67. The molecule has 0 bridgehead atoms. The van der Waals surface area contributed by atoms with Gasteiger partial charge in [0.25, 0.3) is 0 Å².